The topological polar surface area (TPSA) is 37.4 Å². The summed E-state index contributed by atoms with van der Waals surface area (Å²) in [5.41, 5.74) is 0. The third kappa shape index (κ3) is 6.40. The standard InChI is InChI=1S/C20H33NO2S6/c22-19-17-14-12-15(16(13-14)29-11-10-28-7-4-25)18(17)20(23)21(19)2-1-5-26-8-9-27-6-3-24/h14-18,24-25H,1-13H2. The van der Waals surface area contributed by atoms with Crippen molar-refractivity contribution in [3.8, 4) is 0 Å². The maximum absolute atomic E-state index is 13.1. The summed E-state index contributed by atoms with van der Waals surface area (Å²) in [5, 5.41) is 0.583. The Bertz CT molecular complexity index is 551. The number of carbonyl (C=O) groups excluding carboxylic acids is 2. The number of hydrogen-bond donors (Lipinski definition) is 2. The molecular weight excluding hydrogens is 479 g/mol. The molecule has 0 N–H and O–H groups in total. The van der Waals surface area contributed by atoms with Gasteiger partial charge in [0.25, 0.3) is 0 Å². The van der Waals surface area contributed by atoms with E-state index in [4.69, 9.17) is 0 Å². The quantitative estimate of drug-likeness (QED) is 0.195. The van der Waals surface area contributed by atoms with Crippen molar-refractivity contribution in [2.45, 2.75) is 24.5 Å². The fraction of sp³-hybridized carbons (Fsp3) is 0.900. The average molecular weight is 512 g/mol. The van der Waals surface area contributed by atoms with E-state index in [0.717, 1.165) is 71.0 Å². The van der Waals surface area contributed by atoms with E-state index in [-0.39, 0.29) is 23.7 Å². The van der Waals surface area contributed by atoms with Crippen LogP contribution in [0.25, 0.3) is 0 Å². The fourth-order valence-corrected chi connectivity index (χ4v) is 10.0. The SMILES string of the molecule is O=C1C2C3CC(SCCSCCS)C(C3)C2C(=O)N1CCCSCCSCCS. The molecule has 2 aliphatic carbocycles. The zero-order chi connectivity index (χ0) is 20.6. The smallest absolute Gasteiger partial charge is 0.233 e. The molecule has 0 radical (unpaired) electrons. The van der Waals surface area contributed by atoms with Crippen LogP contribution in [0.5, 0.6) is 0 Å². The van der Waals surface area contributed by atoms with E-state index in [0.29, 0.717) is 23.6 Å². The van der Waals surface area contributed by atoms with Crippen molar-refractivity contribution in [3.05, 3.63) is 0 Å². The molecule has 3 aliphatic rings. The van der Waals surface area contributed by atoms with Crippen LogP contribution in [0.15, 0.2) is 0 Å². The van der Waals surface area contributed by atoms with Gasteiger partial charge in [-0.2, -0.15) is 72.3 Å². The van der Waals surface area contributed by atoms with E-state index in [1.54, 1.807) is 4.90 Å². The number of fused-ring (bicyclic) bond motifs is 5. The zero-order valence-corrected chi connectivity index (χ0v) is 21.9. The summed E-state index contributed by atoms with van der Waals surface area (Å²) in [5.74, 6) is 10.9. The Morgan fingerprint density at radius 2 is 1.41 bits per heavy atom. The van der Waals surface area contributed by atoms with Gasteiger partial charge in [-0.05, 0) is 48.4 Å². The molecule has 0 aromatic heterocycles. The van der Waals surface area contributed by atoms with Crippen molar-refractivity contribution in [2.24, 2.45) is 23.7 Å². The van der Waals surface area contributed by atoms with Gasteiger partial charge in [0.2, 0.25) is 11.8 Å². The number of nitrogens with zero attached hydrogens (tertiary/aromatic N) is 1. The Morgan fingerprint density at radius 3 is 2.10 bits per heavy atom. The Kier molecular flexibility index (Phi) is 11.2. The van der Waals surface area contributed by atoms with Crippen molar-refractivity contribution >= 4 is 84.1 Å². The Hall–Kier alpha value is 1.24. The number of likely N-dealkylation sites (tertiary alicyclic amines) is 1. The highest BCUT2D eigenvalue weighted by Crippen LogP contribution is 2.59. The molecule has 29 heavy (non-hydrogen) atoms. The second-order valence-corrected chi connectivity index (χ2v) is 13.7. The van der Waals surface area contributed by atoms with Crippen molar-refractivity contribution < 1.29 is 9.59 Å². The molecule has 9 heteroatoms. The van der Waals surface area contributed by atoms with Crippen LogP contribution >= 0.6 is 72.3 Å². The molecule has 2 saturated carbocycles. The molecule has 0 spiro atoms. The predicted molar refractivity (Wildman–Crippen MR) is 140 cm³/mol. The van der Waals surface area contributed by atoms with Crippen LogP contribution in [0.1, 0.15) is 19.3 Å². The van der Waals surface area contributed by atoms with Crippen LogP contribution in [-0.4, -0.2) is 80.3 Å². The third-order valence-electron chi connectivity index (χ3n) is 6.12. The molecule has 3 nitrogen and oxygen atoms in total. The molecule has 0 aromatic carbocycles. The van der Waals surface area contributed by atoms with E-state index in [1.807, 2.05) is 47.0 Å². The largest absolute Gasteiger partial charge is 0.282 e. The van der Waals surface area contributed by atoms with Crippen LogP contribution in [0, 0.1) is 23.7 Å². The molecule has 3 rings (SSSR count). The Balaban J connectivity index is 1.39. The summed E-state index contributed by atoms with van der Waals surface area (Å²) in [4.78, 5) is 27.6. The van der Waals surface area contributed by atoms with Gasteiger partial charge < -0.3 is 0 Å². The van der Waals surface area contributed by atoms with Gasteiger partial charge >= 0.3 is 0 Å². The highest BCUT2D eigenvalue weighted by Gasteiger charge is 2.63. The van der Waals surface area contributed by atoms with Gasteiger partial charge in [0, 0.05) is 46.3 Å². The molecular formula is C20H33NO2S6. The van der Waals surface area contributed by atoms with E-state index >= 15 is 0 Å². The van der Waals surface area contributed by atoms with Gasteiger partial charge in [-0.15, -0.1) is 0 Å². The lowest BCUT2D eigenvalue weighted by molar-refractivity contribution is -0.140. The Labute approximate surface area is 204 Å². The van der Waals surface area contributed by atoms with Crippen LogP contribution in [0.2, 0.25) is 0 Å². The number of thiol groups is 2. The molecule has 166 valence electrons. The minimum atomic E-state index is -0.00543. The molecule has 0 aromatic rings. The van der Waals surface area contributed by atoms with Crippen molar-refractivity contribution in [1.29, 1.82) is 0 Å². The first-order valence-corrected chi connectivity index (χ1v) is 16.4. The van der Waals surface area contributed by atoms with Gasteiger partial charge in [0.05, 0.1) is 11.8 Å². The monoisotopic (exact) mass is 511 g/mol. The average Bonchev–Trinajstić information content (AvgIpc) is 3.36. The highest BCUT2D eigenvalue weighted by atomic mass is 32.2. The number of hydrogen-bond acceptors (Lipinski definition) is 8. The van der Waals surface area contributed by atoms with E-state index in [2.05, 4.69) is 25.3 Å². The normalized spacial score (nSPS) is 30.6. The maximum Gasteiger partial charge on any atom is 0.233 e. The summed E-state index contributed by atoms with van der Waals surface area (Å²) in [6, 6.07) is 0. The number of amides is 2. The number of carbonyl (C=O) groups is 2. The summed E-state index contributed by atoms with van der Waals surface area (Å²) in [6.07, 6.45) is 3.16. The number of rotatable bonds is 15. The summed E-state index contributed by atoms with van der Waals surface area (Å²) in [7, 11) is 0. The van der Waals surface area contributed by atoms with E-state index < -0.39 is 0 Å². The highest BCUT2D eigenvalue weighted by molar-refractivity contribution is 8.03. The lowest BCUT2D eigenvalue weighted by Gasteiger charge is -2.28. The molecule has 5 atom stereocenters. The lowest BCUT2D eigenvalue weighted by Crippen LogP contribution is -2.34. The molecule has 1 saturated heterocycles. The number of thioether (sulfide) groups is 4. The lowest BCUT2D eigenvalue weighted by atomic mass is 9.81. The summed E-state index contributed by atoms with van der Waals surface area (Å²) >= 11 is 16.4. The molecule has 2 amide bonds. The van der Waals surface area contributed by atoms with Gasteiger partial charge in [-0.25, -0.2) is 0 Å². The molecule has 1 aliphatic heterocycles. The minimum absolute atomic E-state index is 0.00543. The van der Waals surface area contributed by atoms with Crippen molar-refractivity contribution in [2.75, 3.05) is 58.3 Å². The first-order valence-electron chi connectivity index (χ1n) is 10.6. The van der Waals surface area contributed by atoms with Crippen molar-refractivity contribution in [3.63, 3.8) is 0 Å². The van der Waals surface area contributed by atoms with Crippen molar-refractivity contribution in [1.82, 2.24) is 4.90 Å². The van der Waals surface area contributed by atoms with Gasteiger partial charge in [0.1, 0.15) is 0 Å². The maximum atomic E-state index is 13.1. The van der Waals surface area contributed by atoms with Crippen LogP contribution in [-0.2, 0) is 9.59 Å². The summed E-state index contributed by atoms with van der Waals surface area (Å²) < 4.78 is 0. The van der Waals surface area contributed by atoms with E-state index in [1.165, 1.54) is 0 Å². The molecule has 5 unspecified atom stereocenters. The first kappa shape index (κ1) is 24.9. The second-order valence-electron chi connectivity index (χ2n) is 7.82. The van der Waals surface area contributed by atoms with Crippen LogP contribution in [0.4, 0.5) is 0 Å². The predicted octanol–water partition coefficient (Wildman–Crippen LogP) is 4.18. The van der Waals surface area contributed by atoms with Crippen LogP contribution in [0.3, 0.4) is 0 Å². The minimum Gasteiger partial charge on any atom is -0.282 e. The fourth-order valence-electron chi connectivity index (χ4n) is 5.01. The molecule has 3 fully saturated rings. The zero-order valence-electron chi connectivity index (χ0n) is 16.9. The molecule has 1 heterocycles. The number of imide groups is 1. The van der Waals surface area contributed by atoms with E-state index in [9.17, 15) is 9.59 Å². The second kappa shape index (κ2) is 13.1. The van der Waals surface area contributed by atoms with Gasteiger partial charge in [0.15, 0.2) is 0 Å². The van der Waals surface area contributed by atoms with Gasteiger partial charge in [-0.3, -0.25) is 14.5 Å². The first-order chi connectivity index (χ1) is 14.2. The Morgan fingerprint density at radius 1 is 0.793 bits per heavy atom. The van der Waals surface area contributed by atoms with Gasteiger partial charge in [-0.1, -0.05) is 0 Å². The summed E-state index contributed by atoms with van der Waals surface area (Å²) in [6.45, 7) is 0.624. The third-order valence-corrected chi connectivity index (χ3v) is 12.1. The molecule has 2 bridgehead atoms. The van der Waals surface area contributed by atoms with Crippen LogP contribution < -0.4 is 0 Å².